The van der Waals surface area contributed by atoms with Crippen molar-refractivity contribution >= 4 is 24.8 Å². The minimum Gasteiger partial charge on any atom is -0.429 e. The molecule has 3 nitrogen and oxygen atoms in total. The predicted octanol–water partition coefficient (Wildman–Crippen LogP) is 4.79. The Morgan fingerprint density at radius 3 is 2.53 bits per heavy atom. The van der Waals surface area contributed by atoms with Crippen LogP contribution in [0.5, 0.6) is 5.75 Å². The van der Waals surface area contributed by atoms with Gasteiger partial charge in [-0.05, 0) is 30.3 Å². The third-order valence-electron chi connectivity index (χ3n) is 2.27. The van der Waals surface area contributed by atoms with Crippen molar-refractivity contribution in [2.75, 3.05) is 11.8 Å². The largest absolute Gasteiger partial charge is 0.429 e. The molecule has 0 saturated heterocycles. The summed E-state index contributed by atoms with van der Waals surface area (Å²) in [5.41, 5.74) is 0.438. The van der Waals surface area contributed by atoms with Gasteiger partial charge in [-0.15, -0.1) is 0 Å². The Kier molecular flexibility index (Phi) is 4.13. The lowest BCUT2D eigenvalue weighted by molar-refractivity contribution is 0.493. The highest BCUT2D eigenvalue weighted by Crippen LogP contribution is 2.43. The number of hydrogen-bond donors (Lipinski definition) is 1. The van der Waals surface area contributed by atoms with Crippen LogP contribution in [0.3, 0.4) is 0 Å². The van der Waals surface area contributed by atoms with E-state index in [2.05, 4.69) is 5.09 Å². The highest BCUT2D eigenvalue weighted by molar-refractivity contribution is 7.60. The Morgan fingerprint density at radius 1 is 1.21 bits per heavy atom. The molecule has 0 spiro atoms. The third-order valence-corrected chi connectivity index (χ3v) is 3.79. The van der Waals surface area contributed by atoms with Gasteiger partial charge in [0.2, 0.25) is 0 Å². The van der Waals surface area contributed by atoms with E-state index in [0.717, 1.165) is 0 Å². The van der Waals surface area contributed by atoms with E-state index in [-0.39, 0.29) is 5.02 Å². The lowest BCUT2D eigenvalue weighted by Gasteiger charge is -2.17. The molecule has 1 atom stereocenters. The molecule has 1 N–H and O–H groups in total. The summed E-state index contributed by atoms with van der Waals surface area (Å²) >= 11 is 5.66. The molecule has 2 aromatic rings. The van der Waals surface area contributed by atoms with Crippen LogP contribution in [0.1, 0.15) is 0 Å². The standard InChI is InChI=1S/C13H12ClFNO2P/c1-19(17,18-11-5-3-2-4-6-11)16-10-7-8-13(15)12(14)9-10/h2-9H,1H3,(H,16,17)/t19-/m1/s1. The van der Waals surface area contributed by atoms with Gasteiger partial charge in [0.25, 0.3) is 0 Å². The van der Waals surface area contributed by atoms with Crippen LogP contribution in [0.15, 0.2) is 48.5 Å². The molecule has 6 heteroatoms. The van der Waals surface area contributed by atoms with E-state index in [1.165, 1.54) is 24.9 Å². The van der Waals surface area contributed by atoms with Crippen LogP contribution in [0.4, 0.5) is 10.1 Å². The van der Waals surface area contributed by atoms with Crippen molar-refractivity contribution < 1.29 is 13.5 Å². The van der Waals surface area contributed by atoms with E-state index >= 15 is 0 Å². The highest BCUT2D eigenvalue weighted by Gasteiger charge is 2.17. The van der Waals surface area contributed by atoms with Gasteiger partial charge < -0.3 is 9.61 Å². The fourth-order valence-corrected chi connectivity index (χ4v) is 2.86. The Morgan fingerprint density at radius 2 is 1.89 bits per heavy atom. The molecule has 0 aliphatic carbocycles. The molecule has 2 rings (SSSR count). The van der Waals surface area contributed by atoms with Gasteiger partial charge in [0.05, 0.1) is 5.02 Å². The molecule has 0 aromatic heterocycles. The van der Waals surface area contributed by atoms with Crippen LogP contribution in [0.2, 0.25) is 5.02 Å². The highest BCUT2D eigenvalue weighted by atomic mass is 35.5. The van der Waals surface area contributed by atoms with Crippen LogP contribution in [-0.2, 0) is 4.57 Å². The zero-order chi connectivity index (χ0) is 13.9. The zero-order valence-corrected chi connectivity index (χ0v) is 11.8. The summed E-state index contributed by atoms with van der Waals surface area (Å²) < 4.78 is 30.7. The fourth-order valence-electron chi connectivity index (χ4n) is 1.51. The first-order chi connectivity index (χ1) is 8.96. The Balaban J connectivity index is 2.12. The molecule has 100 valence electrons. The number of para-hydroxylation sites is 1. The normalized spacial score (nSPS) is 13.6. The molecule has 0 bridgehead atoms. The minimum atomic E-state index is -3.10. The second-order valence-electron chi connectivity index (χ2n) is 3.99. The first kappa shape index (κ1) is 13.9. The Hall–Kier alpha value is -1.51. The van der Waals surface area contributed by atoms with Gasteiger partial charge in [-0.25, -0.2) is 4.39 Å². The van der Waals surface area contributed by atoms with Crippen LogP contribution in [0.25, 0.3) is 0 Å². The maximum atomic E-state index is 13.0. The molecule has 0 fully saturated rings. The van der Waals surface area contributed by atoms with E-state index in [4.69, 9.17) is 16.1 Å². The van der Waals surface area contributed by atoms with Gasteiger partial charge in [0.1, 0.15) is 11.6 Å². The monoisotopic (exact) mass is 299 g/mol. The van der Waals surface area contributed by atoms with Gasteiger partial charge in [0.15, 0.2) is 0 Å². The van der Waals surface area contributed by atoms with Crippen LogP contribution in [-0.4, -0.2) is 6.66 Å². The summed E-state index contributed by atoms with van der Waals surface area (Å²) in [5, 5.41) is 2.68. The molecule has 0 aliphatic heterocycles. The van der Waals surface area contributed by atoms with Crippen LogP contribution < -0.4 is 9.61 Å². The van der Waals surface area contributed by atoms with Crippen molar-refractivity contribution in [3.05, 3.63) is 59.4 Å². The van der Waals surface area contributed by atoms with Gasteiger partial charge in [-0.2, -0.15) is 0 Å². The maximum absolute atomic E-state index is 13.0. The number of rotatable bonds is 4. The number of halogens is 2. The molecule has 2 aromatic carbocycles. The molecular weight excluding hydrogens is 288 g/mol. The summed E-state index contributed by atoms with van der Waals surface area (Å²) in [6.45, 7) is 1.44. The number of nitrogens with one attached hydrogen (secondary N) is 1. The Labute approximate surface area is 115 Å². The van der Waals surface area contributed by atoms with Crippen LogP contribution in [0, 0.1) is 5.82 Å². The van der Waals surface area contributed by atoms with Gasteiger partial charge in [-0.1, -0.05) is 29.8 Å². The molecule has 0 aliphatic rings. The molecular formula is C13H12ClFNO2P. The van der Waals surface area contributed by atoms with Crippen molar-refractivity contribution in [1.29, 1.82) is 0 Å². The third kappa shape index (κ3) is 3.98. The summed E-state index contributed by atoms with van der Waals surface area (Å²) in [5.74, 6) is -0.0313. The van der Waals surface area contributed by atoms with Crippen molar-refractivity contribution in [3.63, 3.8) is 0 Å². The second-order valence-corrected chi connectivity index (χ2v) is 6.50. The lowest BCUT2D eigenvalue weighted by atomic mass is 10.3. The van der Waals surface area contributed by atoms with E-state index < -0.39 is 13.3 Å². The van der Waals surface area contributed by atoms with E-state index in [1.807, 2.05) is 6.07 Å². The average Bonchev–Trinajstić information content (AvgIpc) is 2.34. The first-order valence-electron chi connectivity index (χ1n) is 5.52. The van der Waals surface area contributed by atoms with Crippen LogP contribution >= 0.6 is 19.1 Å². The number of hydrogen-bond acceptors (Lipinski definition) is 2. The lowest BCUT2D eigenvalue weighted by Crippen LogP contribution is -2.02. The summed E-state index contributed by atoms with van der Waals surface area (Å²) in [7, 11) is -3.10. The van der Waals surface area contributed by atoms with Gasteiger partial charge in [-0.3, -0.25) is 4.57 Å². The molecule has 0 amide bonds. The molecule has 0 saturated carbocycles. The maximum Gasteiger partial charge on any atom is 0.338 e. The molecule has 0 radical (unpaired) electrons. The number of anilines is 1. The fraction of sp³-hybridized carbons (Fsp3) is 0.0769. The van der Waals surface area contributed by atoms with Gasteiger partial charge in [0, 0.05) is 12.4 Å². The van der Waals surface area contributed by atoms with Crippen molar-refractivity contribution in [3.8, 4) is 5.75 Å². The van der Waals surface area contributed by atoms with E-state index in [0.29, 0.717) is 11.4 Å². The van der Waals surface area contributed by atoms with Crippen molar-refractivity contribution in [2.24, 2.45) is 0 Å². The number of benzene rings is 2. The Bertz CT molecular complexity index is 621. The van der Waals surface area contributed by atoms with E-state index in [9.17, 15) is 8.96 Å². The topological polar surface area (TPSA) is 38.3 Å². The molecule has 0 unspecified atom stereocenters. The van der Waals surface area contributed by atoms with Crippen molar-refractivity contribution in [1.82, 2.24) is 0 Å². The minimum absolute atomic E-state index is 0.0373. The predicted molar refractivity (Wildman–Crippen MR) is 75.6 cm³/mol. The zero-order valence-electron chi connectivity index (χ0n) is 10.1. The SMILES string of the molecule is C[P@](=O)(Nc1ccc(F)c(Cl)c1)Oc1ccccc1. The van der Waals surface area contributed by atoms with Crippen molar-refractivity contribution in [2.45, 2.75) is 0 Å². The quantitative estimate of drug-likeness (QED) is 0.825. The summed E-state index contributed by atoms with van der Waals surface area (Å²) in [4.78, 5) is 0. The molecule has 0 heterocycles. The summed E-state index contributed by atoms with van der Waals surface area (Å²) in [6, 6.07) is 12.8. The smallest absolute Gasteiger partial charge is 0.338 e. The summed E-state index contributed by atoms with van der Waals surface area (Å²) in [6.07, 6.45) is 0. The first-order valence-corrected chi connectivity index (χ1v) is 7.97. The molecule has 19 heavy (non-hydrogen) atoms. The average molecular weight is 300 g/mol. The van der Waals surface area contributed by atoms with Gasteiger partial charge >= 0.3 is 7.52 Å². The van der Waals surface area contributed by atoms with E-state index in [1.54, 1.807) is 24.3 Å². The second kappa shape index (κ2) is 5.64.